The fourth-order valence-corrected chi connectivity index (χ4v) is 2.28. The van der Waals surface area contributed by atoms with E-state index in [4.69, 9.17) is 10.5 Å². The van der Waals surface area contributed by atoms with Crippen molar-refractivity contribution in [1.82, 2.24) is 0 Å². The highest BCUT2D eigenvalue weighted by Crippen LogP contribution is 2.30. The highest BCUT2D eigenvalue weighted by molar-refractivity contribution is 5.57. The Morgan fingerprint density at radius 1 is 1.35 bits per heavy atom. The molecule has 0 aromatic heterocycles. The number of nitrogens with two attached hydrogens (primary N) is 1. The van der Waals surface area contributed by atoms with Crippen molar-refractivity contribution in [3.63, 3.8) is 0 Å². The zero-order valence-electron chi connectivity index (χ0n) is 13.2. The Labute approximate surface area is 121 Å². The maximum Gasteiger partial charge on any atom is 0.126 e. The number of benzene rings is 1. The third-order valence-corrected chi connectivity index (χ3v) is 3.77. The van der Waals surface area contributed by atoms with Crippen LogP contribution in [0.4, 0.5) is 10.1 Å². The number of methoxy groups -OCH3 is 1. The second kappa shape index (κ2) is 7.60. The van der Waals surface area contributed by atoms with Crippen molar-refractivity contribution in [1.29, 1.82) is 0 Å². The number of anilines is 1. The number of nitrogens with zero attached hydrogens (tertiary/aromatic N) is 1. The van der Waals surface area contributed by atoms with Crippen molar-refractivity contribution in [2.24, 2.45) is 5.73 Å². The van der Waals surface area contributed by atoms with Crippen molar-refractivity contribution in [2.45, 2.75) is 46.2 Å². The standard InChI is InChI=1S/C16H27FN2O/c1-6-12(3)19(7-8-20-5)16-9-11(2)15(17)10-14(16)13(4)18/h9-10,12-13H,6-8,18H2,1-5H3. The number of hydrogen-bond acceptors (Lipinski definition) is 3. The summed E-state index contributed by atoms with van der Waals surface area (Å²) in [5.41, 5.74) is 8.54. The summed E-state index contributed by atoms with van der Waals surface area (Å²) in [7, 11) is 1.69. The van der Waals surface area contributed by atoms with E-state index in [0.29, 0.717) is 18.2 Å². The summed E-state index contributed by atoms with van der Waals surface area (Å²) < 4.78 is 19.0. The molecule has 1 rings (SSSR count). The van der Waals surface area contributed by atoms with Gasteiger partial charge in [0.15, 0.2) is 0 Å². The first-order valence-corrected chi connectivity index (χ1v) is 7.23. The van der Waals surface area contributed by atoms with Gasteiger partial charge in [-0.25, -0.2) is 4.39 Å². The average molecular weight is 282 g/mol. The van der Waals surface area contributed by atoms with E-state index in [2.05, 4.69) is 18.7 Å². The van der Waals surface area contributed by atoms with Crippen LogP contribution in [0.3, 0.4) is 0 Å². The largest absolute Gasteiger partial charge is 0.383 e. The molecular formula is C16H27FN2O. The van der Waals surface area contributed by atoms with Crippen LogP contribution >= 0.6 is 0 Å². The van der Waals surface area contributed by atoms with Gasteiger partial charge in [-0.1, -0.05) is 6.92 Å². The number of hydrogen-bond donors (Lipinski definition) is 1. The maximum absolute atomic E-state index is 13.8. The van der Waals surface area contributed by atoms with Gasteiger partial charge in [0.1, 0.15) is 5.82 Å². The van der Waals surface area contributed by atoms with Gasteiger partial charge in [-0.2, -0.15) is 0 Å². The lowest BCUT2D eigenvalue weighted by Gasteiger charge is -2.33. The summed E-state index contributed by atoms with van der Waals surface area (Å²) in [6.45, 7) is 9.40. The minimum absolute atomic E-state index is 0.197. The minimum atomic E-state index is -0.200. The average Bonchev–Trinajstić information content (AvgIpc) is 2.41. The summed E-state index contributed by atoms with van der Waals surface area (Å²) in [6, 6.07) is 3.62. The highest BCUT2D eigenvalue weighted by Gasteiger charge is 2.19. The second-order valence-electron chi connectivity index (χ2n) is 5.39. The van der Waals surface area contributed by atoms with Crippen LogP contribution in [0.15, 0.2) is 12.1 Å². The lowest BCUT2D eigenvalue weighted by molar-refractivity contribution is 0.203. The first-order chi connectivity index (χ1) is 9.42. The van der Waals surface area contributed by atoms with Gasteiger partial charge in [-0.3, -0.25) is 0 Å². The van der Waals surface area contributed by atoms with E-state index in [1.54, 1.807) is 20.1 Å². The smallest absolute Gasteiger partial charge is 0.126 e. The van der Waals surface area contributed by atoms with Crippen LogP contribution in [0.25, 0.3) is 0 Å². The maximum atomic E-state index is 13.8. The van der Waals surface area contributed by atoms with E-state index in [9.17, 15) is 4.39 Å². The number of halogens is 1. The van der Waals surface area contributed by atoms with Crippen molar-refractivity contribution in [3.8, 4) is 0 Å². The minimum Gasteiger partial charge on any atom is -0.383 e. The molecule has 0 saturated carbocycles. The number of ether oxygens (including phenoxy) is 1. The molecule has 0 aliphatic carbocycles. The Bertz CT molecular complexity index is 435. The number of rotatable bonds is 7. The normalized spacial score (nSPS) is 14.2. The molecule has 0 saturated heterocycles. The Kier molecular flexibility index (Phi) is 6.43. The van der Waals surface area contributed by atoms with Crippen molar-refractivity contribution < 1.29 is 9.13 Å². The van der Waals surface area contributed by atoms with Crippen molar-refractivity contribution >= 4 is 5.69 Å². The van der Waals surface area contributed by atoms with Gasteiger partial charge in [0.05, 0.1) is 6.61 Å². The lowest BCUT2D eigenvalue weighted by Crippen LogP contribution is -2.36. The monoisotopic (exact) mass is 282 g/mol. The van der Waals surface area contributed by atoms with E-state index in [0.717, 1.165) is 24.2 Å². The third-order valence-electron chi connectivity index (χ3n) is 3.77. The van der Waals surface area contributed by atoms with Gasteiger partial charge in [-0.15, -0.1) is 0 Å². The third kappa shape index (κ3) is 3.93. The van der Waals surface area contributed by atoms with E-state index >= 15 is 0 Å². The quantitative estimate of drug-likeness (QED) is 0.833. The zero-order valence-corrected chi connectivity index (χ0v) is 13.2. The molecule has 0 aliphatic rings. The molecule has 4 heteroatoms. The molecule has 2 unspecified atom stereocenters. The Morgan fingerprint density at radius 2 is 2.00 bits per heavy atom. The molecular weight excluding hydrogens is 255 g/mol. The Balaban J connectivity index is 3.26. The predicted octanol–water partition coefficient (Wildman–Crippen LogP) is 3.41. The summed E-state index contributed by atoms with van der Waals surface area (Å²) in [5, 5.41) is 0. The summed E-state index contributed by atoms with van der Waals surface area (Å²) in [4.78, 5) is 2.26. The van der Waals surface area contributed by atoms with E-state index < -0.39 is 0 Å². The summed E-state index contributed by atoms with van der Waals surface area (Å²) in [6.07, 6.45) is 1.01. The molecule has 20 heavy (non-hydrogen) atoms. The van der Waals surface area contributed by atoms with E-state index in [1.165, 1.54) is 0 Å². The van der Waals surface area contributed by atoms with Crippen LogP contribution < -0.4 is 10.6 Å². The first-order valence-electron chi connectivity index (χ1n) is 7.23. The van der Waals surface area contributed by atoms with Gasteiger partial charge in [-0.05, 0) is 50.5 Å². The van der Waals surface area contributed by atoms with Crippen LogP contribution in [-0.2, 0) is 4.74 Å². The SMILES string of the molecule is CCC(C)N(CCOC)c1cc(C)c(F)cc1C(C)N. The first kappa shape index (κ1) is 16.9. The zero-order chi connectivity index (χ0) is 15.3. The van der Waals surface area contributed by atoms with Crippen molar-refractivity contribution in [3.05, 3.63) is 29.1 Å². The summed E-state index contributed by atoms with van der Waals surface area (Å²) in [5.74, 6) is -0.197. The van der Waals surface area contributed by atoms with Crippen LogP contribution in [0, 0.1) is 12.7 Å². The Hall–Kier alpha value is -1.13. The fraction of sp³-hybridized carbons (Fsp3) is 0.625. The van der Waals surface area contributed by atoms with Gasteiger partial charge < -0.3 is 15.4 Å². The van der Waals surface area contributed by atoms with E-state index in [-0.39, 0.29) is 11.9 Å². The predicted molar refractivity (Wildman–Crippen MR) is 82.7 cm³/mol. The molecule has 2 atom stereocenters. The van der Waals surface area contributed by atoms with Crippen LogP contribution in [0.1, 0.15) is 44.4 Å². The molecule has 0 aliphatic heterocycles. The van der Waals surface area contributed by atoms with Gasteiger partial charge in [0.25, 0.3) is 0 Å². The highest BCUT2D eigenvalue weighted by atomic mass is 19.1. The molecule has 0 radical (unpaired) electrons. The molecule has 2 N–H and O–H groups in total. The molecule has 0 heterocycles. The van der Waals surface area contributed by atoms with Crippen LogP contribution in [-0.4, -0.2) is 26.3 Å². The van der Waals surface area contributed by atoms with E-state index in [1.807, 2.05) is 13.0 Å². The molecule has 114 valence electrons. The summed E-state index contributed by atoms with van der Waals surface area (Å²) >= 11 is 0. The van der Waals surface area contributed by atoms with Crippen LogP contribution in [0.5, 0.6) is 0 Å². The second-order valence-corrected chi connectivity index (χ2v) is 5.39. The molecule has 3 nitrogen and oxygen atoms in total. The molecule has 1 aromatic rings. The lowest BCUT2D eigenvalue weighted by atomic mass is 10.0. The molecule has 1 aromatic carbocycles. The number of aryl methyl sites for hydroxylation is 1. The Morgan fingerprint density at radius 3 is 2.50 bits per heavy atom. The molecule has 0 spiro atoms. The molecule has 0 amide bonds. The molecule has 0 fully saturated rings. The molecule has 0 bridgehead atoms. The van der Waals surface area contributed by atoms with Gasteiger partial charge in [0, 0.05) is 31.4 Å². The fourth-order valence-electron chi connectivity index (χ4n) is 2.28. The van der Waals surface area contributed by atoms with Gasteiger partial charge in [0.2, 0.25) is 0 Å². The van der Waals surface area contributed by atoms with Crippen molar-refractivity contribution in [2.75, 3.05) is 25.2 Å². The van der Waals surface area contributed by atoms with Gasteiger partial charge >= 0.3 is 0 Å². The topological polar surface area (TPSA) is 38.5 Å². The van der Waals surface area contributed by atoms with Crippen LogP contribution in [0.2, 0.25) is 0 Å².